The highest BCUT2D eigenvalue weighted by atomic mass is 32.2. The summed E-state index contributed by atoms with van der Waals surface area (Å²) in [6, 6.07) is 7.96. The van der Waals surface area contributed by atoms with Gasteiger partial charge in [0.1, 0.15) is 0 Å². The molecule has 0 aliphatic heterocycles. The van der Waals surface area contributed by atoms with Gasteiger partial charge in [-0.15, -0.1) is 10.2 Å². The van der Waals surface area contributed by atoms with Crippen LogP contribution in [0.15, 0.2) is 33.9 Å². The maximum absolute atomic E-state index is 13.2. The maximum atomic E-state index is 13.2. The molecule has 0 spiro atoms. The lowest BCUT2D eigenvalue weighted by atomic mass is 9.49. The van der Waals surface area contributed by atoms with Crippen molar-refractivity contribution >= 4 is 28.4 Å². The zero-order valence-electron chi connectivity index (χ0n) is 17.5. The number of aromatic amines is 1. The zero-order chi connectivity index (χ0) is 20.5. The van der Waals surface area contributed by atoms with Gasteiger partial charge in [-0.2, -0.15) is 0 Å². The summed E-state index contributed by atoms with van der Waals surface area (Å²) in [7, 11) is 0. The van der Waals surface area contributed by atoms with Crippen molar-refractivity contribution in [2.24, 2.45) is 17.8 Å². The Bertz CT molecular complexity index is 1100. The quantitative estimate of drug-likeness (QED) is 0.423. The van der Waals surface area contributed by atoms with Crippen molar-refractivity contribution in [1.29, 1.82) is 0 Å². The summed E-state index contributed by atoms with van der Waals surface area (Å²) >= 11 is 1.39. The second-order valence-electron chi connectivity index (χ2n) is 9.87. The number of thioether (sulfide) groups is 1. The number of nitrogens with one attached hydrogen (secondary N) is 1. The summed E-state index contributed by atoms with van der Waals surface area (Å²) in [6.07, 6.45) is 7.79. The molecule has 7 rings (SSSR count). The van der Waals surface area contributed by atoms with Gasteiger partial charge in [0.25, 0.3) is 5.22 Å². The first kappa shape index (κ1) is 18.7. The Morgan fingerprint density at radius 2 is 1.80 bits per heavy atom. The van der Waals surface area contributed by atoms with Crippen LogP contribution in [0.5, 0.6) is 0 Å². The maximum Gasteiger partial charge on any atom is 0.277 e. The largest absolute Gasteiger partial charge is 0.415 e. The number of aromatic nitrogens is 3. The lowest BCUT2D eigenvalue weighted by molar-refractivity contribution is -0.0191. The smallest absolute Gasteiger partial charge is 0.277 e. The standard InChI is InChI=1S/C24H27N3O2S/c1-13-20(18-5-3-4-6-19(18)25-13)21(28)14(2)30-23-27-26-22(29-23)24-10-15-7-16(11-24)9-17(8-15)12-24/h3-6,14-17,25H,7-12H2,1-2H3/t14-,15?,16?,17?,24?/m0/s1. The number of carbonyl (C=O) groups is 1. The van der Waals surface area contributed by atoms with E-state index < -0.39 is 0 Å². The number of H-pyrrole nitrogens is 1. The van der Waals surface area contributed by atoms with Crippen molar-refractivity contribution in [2.45, 2.75) is 68.3 Å². The van der Waals surface area contributed by atoms with E-state index in [0.29, 0.717) is 5.22 Å². The average Bonchev–Trinajstić information content (AvgIpc) is 3.30. The highest BCUT2D eigenvalue weighted by Crippen LogP contribution is 2.60. The first-order chi connectivity index (χ1) is 14.5. The predicted octanol–water partition coefficient (Wildman–Crippen LogP) is 5.69. The SMILES string of the molecule is Cc1[nH]c2ccccc2c1C(=O)[C@H](C)Sc1nnc(C23CC4CC(CC(C4)C2)C3)o1. The molecule has 2 heterocycles. The highest BCUT2D eigenvalue weighted by Gasteiger charge is 2.54. The molecular weight excluding hydrogens is 394 g/mol. The molecule has 3 aromatic rings. The van der Waals surface area contributed by atoms with Crippen molar-refractivity contribution in [1.82, 2.24) is 15.2 Å². The Morgan fingerprint density at radius 1 is 1.13 bits per heavy atom. The summed E-state index contributed by atoms with van der Waals surface area (Å²) in [5.41, 5.74) is 2.78. The number of nitrogens with zero attached hydrogens (tertiary/aromatic N) is 2. The number of hydrogen-bond donors (Lipinski definition) is 1. The van der Waals surface area contributed by atoms with Crippen LogP contribution >= 0.6 is 11.8 Å². The van der Waals surface area contributed by atoms with E-state index in [-0.39, 0.29) is 16.4 Å². The Balaban J connectivity index is 1.23. The Labute approximate surface area is 180 Å². The molecule has 30 heavy (non-hydrogen) atoms. The number of carbonyl (C=O) groups excluding carboxylic acids is 1. The number of benzene rings is 1. The van der Waals surface area contributed by atoms with Crippen molar-refractivity contribution in [2.75, 3.05) is 0 Å². The zero-order valence-corrected chi connectivity index (χ0v) is 18.3. The molecule has 6 heteroatoms. The van der Waals surface area contributed by atoms with Gasteiger partial charge in [0, 0.05) is 27.6 Å². The lowest BCUT2D eigenvalue weighted by Crippen LogP contribution is -2.48. The van der Waals surface area contributed by atoms with Gasteiger partial charge in [-0.3, -0.25) is 4.79 Å². The number of rotatable bonds is 5. The first-order valence-corrected chi connectivity index (χ1v) is 12.0. The number of aryl methyl sites for hydroxylation is 1. The molecule has 4 aliphatic carbocycles. The molecule has 1 atom stereocenters. The van der Waals surface area contributed by atoms with Crippen LogP contribution in [0.2, 0.25) is 0 Å². The minimum atomic E-state index is -0.285. The molecule has 1 aromatic carbocycles. The molecule has 1 N–H and O–H groups in total. The van der Waals surface area contributed by atoms with E-state index in [1.54, 1.807) is 0 Å². The number of para-hydroxylation sites is 1. The highest BCUT2D eigenvalue weighted by molar-refractivity contribution is 8.00. The van der Waals surface area contributed by atoms with Gasteiger partial charge in [0.2, 0.25) is 5.89 Å². The molecule has 0 unspecified atom stereocenters. The van der Waals surface area contributed by atoms with Crippen LogP contribution in [0.1, 0.15) is 67.4 Å². The van der Waals surface area contributed by atoms with Crippen LogP contribution in [0.3, 0.4) is 0 Å². The second kappa shape index (κ2) is 6.71. The van der Waals surface area contributed by atoms with Gasteiger partial charge in [-0.1, -0.05) is 30.0 Å². The van der Waals surface area contributed by atoms with Crippen molar-refractivity contribution in [3.8, 4) is 0 Å². The van der Waals surface area contributed by atoms with E-state index in [9.17, 15) is 4.79 Å². The number of ketones is 1. The lowest BCUT2D eigenvalue weighted by Gasteiger charge is -2.55. The fourth-order valence-corrected chi connectivity index (χ4v) is 7.59. The topological polar surface area (TPSA) is 71.8 Å². The molecule has 4 bridgehead atoms. The molecule has 5 nitrogen and oxygen atoms in total. The van der Waals surface area contributed by atoms with Crippen LogP contribution in [0.4, 0.5) is 0 Å². The number of hydrogen-bond acceptors (Lipinski definition) is 5. The van der Waals surface area contributed by atoms with E-state index in [1.807, 2.05) is 38.1 Å². The molecule has 4 aliphatic rings. The second-order valence-corrected chi connectivity index (χ2v) is 11.2. The third kappa shape index (κ3) is 2.87. The van der Waals surface area contributed by atoms with E-state index in [1.165, 1.54) is 50.3 Å². The van der Waals surface area contributed by atoms with Gasteiger partial charge in [0.05, 0.1) is 5.25 Å². The normalized spacial score (nSPS) is 30.8. The van der Waals surface area contributed by atoms with Crippen molar-refractivity contribution in [3.05, 3.63) is 41.4 Å². The third-order valence-electron chi connectivity index (χ3n) is 7.69. The Morgan fingerprint density at radius 3 is 2.50 bits per heavy atom. The van der Waals surface area contributed by atoms with E-state index in [2.05, 4.69) is 15.2 Å². The molecule has 0 amide bonds. The molecular formula is C24H27N3O2S. The number of Topliss-reactive ketones (excluding diaryl/α,β-unsaturated/α-hetero) is 1. The van der Waals surface area contributed by atoms with Gasteiger partial charge in [-0.05, 0) is 76.2 Å². The van der Waals surface area contributed by atoms with Crippen molar-refractivity contribution in [3.63, 3.8) is 0 Å². The Hall–Kier alpha value is -2.08. The van der Waals surface area contributed by atoms with Crippen LogP contribution in [-0.4, -0.2) is 26.2 Å². The fourth-order valence-electron chi connectivity index (χ4n) is 6.85. The molecule has 4 fully saturated rings. The molecule has 4 saturated carbocycles. The average molecular weight is 422 g/mol. The molecule has 2 aromatic heterocycles. The Kier molecular flexibility index (Phi) is 4.18. The van der Waals surface area contributed by atoms with Gasteiger partial charge < -0.3 is 9.40 Å². The fraction of sp³-hybridized carbons (Fsp3) is 0.542. The molecule has 0 radical (unpaired) electrons. The van der Waals surface area contributed by atoms with E-state index in [4.69, 9.17) is 4.42 Å². The first-order valence-electron chi connectivity index (χ1n) is 11.1. The summed E-state index contributed by atoms with van der Waals surface area (Å²) in [4.78, 5) is 16.6. The summed E-state index contributed by atoms with van der Waals surface area (Å²) < 4.78 is 6.21. The molecule has 156 valence electrons. The van der Waals surface area contributed by atoms with Gasteiger partial charge in [-0.25, -0.2) is 0 Å². The third-order valence-corrected chi connectivity index (χ3v) is 8.62. The summed E-state index contributed by atoms with van der Waals surface area (Å²) in [5, 5.41) is 10.1. The minimum absolute atomic E-state index is 0.0984. The predicted molar refractivity (Wildman–Crippen MR) is 117 cm³/mol. The number of fused-ring (bicyclic) bond motifs is 1. The van der Waals surface area contributed by atoms with E-state index in [0.717, 1.165) is 45.8 Å². The van der Waals surface area contributed by atoms with Gasteiger partial charge in [0.15, 0.2) is 5.78 Å². The van der Waals surface area contributed by atoms with E-state index >= 15 is 0 Å². The van der Waals surface area contributed by atoms with Crippen LogP contribution in [-0.2, 0) is 5.41 Å². The summed E-state index contributed by atoms with van der Waals surface area (Å²) in [5.74, 6) is 3.44. The van der Waals surface area contributed by atoms with Crippen molar-refractivity contribution < 1.29 is 9.21 Å². The summed E-state index contributed by atoms with van der Waals surface area (Å²) in [6.45, 7) is 3.89. The minimum Gasteiger partial charge on any atom is -0.415 e. The van der Waals surface area contributed by atoms with Crippen LogP contribution < -0.4 is 0 Å². The monoisotopic (exact) mass is 421 g/mol. The van der Waals surface area contributed by atoms with Crippen LogP contribution in [0, 0.1) is 24.7 Å². The van der Waals surface area contributed by atoms with Crippen LogP contribution in [0.25, 0.3) is 10.9 Å². The molecule has 0 saturated heterocycles. The van der Waals surface area contributed by atoms with Gasteiger partial charge >= 0.3 is 0 Å².